The van der Waals surface area contributed by atoms with E-state index in [0.29, 0.717) is 6.42 Å². The predicted molar refractivity (Wildman–Crippen MR) is 69.8 cm³/mol. The van der Waals surface area contributed by atoms with Crippen LogP contribution in [0.3, 0.4) is 0 Å². The molecule has 0 aromatic heterocycles. The van der Waals surface area contributed by atoms with E-state index in [-0.39, 0.29) is 29.4 Å². The molecular formula is C12H22N2O3S. The molecule has 1 saturated carbocycles. The molecular weight excluding hydrogens is 252 g/mol. The van der Waals surface area contributed by atoms with Gasteiger partial charge in [-0.1, -0.05) is 0 Å². The standard InChI is InChI=1S/C12H22N2O3S/c1-12(6-7-18(16,17)8-12)14-11(15)9-2-4-10(13)5-3-9/h9-10H,2-8,13H2,1H3,(H,14,15). The van der Waals surface area contributed by atoms with Crippen molar-refractivity contribution in [3.63, 3.8) is 0 Å². The zero-order chi connectivity index (χ0) is 13.4. The molecule has 2 rings (SSSR count). The van der Waals surface area contributed by atoms with Crippen molar-refractivity contribution in [1.82, 2.24) is 5.32 Å². The van der Waals surface area contributed by atoms with Crippen molar-refractivity contribution in [2.45, 2.75) is 50.6 Å². The minimum atomic E-state index is -2.97. The van der Waals surface area contributed by atoms with Crippen LogP contribution in [0.2, 0.25) is 0 Å². The van der Waals surface area contributed by atoms with E-state index in [0.717, 1.165) is 25.7 Å². The molecule has 6 heteroatoms. The molecule has 0 bridgehead atoms. The van der Waals surface area contributed by atoms with E-state index >= 15 is 0 Å². The van der Waals surface area contributed by atoms with E-state index in [1.807, 2.05) is 6.92 Å². The maximum atomic E-state index is 12.1. The lowest BCUT2D eigenvalue weighted by Gasteiger charge is -2.30. The Balaban J connectivity index is 1.92. The number of nitrogens with one attached hydrogen (secondary N) is 1. The quantitative estimate of drug-likeness (QED) is 0.752. The number of nitrogens with two attached hydrogens (primary N) is 1. The van der Waals surface area contributed by atoms with Crippen LogP contribution >= 0.6 is 0 Å². The van der Waals surface area contributed by atoms with E-state index in [1.165, 1.54) is 0 Å². The smallest absolute Gasteiger partial charge is 0.223 e. The van der Waals surface area contributed by atoms with Gasteiger partial charge in [-0.3, -0.25) is 4.79 Å². The molecule has 1 atom stereocenters. The topological polar surface area (TPSA) is 89.3 Å². The first-order valence-corrected chi connectivity index (χ1v) is 8.40. The number of rotatable bonds is 2. The van der Waals surface area contributed by atoms with Crippen LogP contribution in [0.5, 0.6) is 0 Å². The van der Waals surface area contributed by atoms with E-state index in [9.17, 15) is 13.2 Å². The molecule has 5 nitrogen and oxygen atoms in total. The van der Waals surface area contributed by atoms with E-state index in [4.69, 9.17) is 5.73 Å². The molecule has 1 heterocycles. The highest BCUT2D eigenvalue weighted by Gasteiger charge is 2.40. The monoisotopic (exact) mass is 274 g/mol. The first-order chi connectivity index (χ1) is 8.30. The molecule has 1 saturated heterocycles. The second-order valence-corrected chi connectivity index (χ2v) is 8.19. The average Bonchev–Trinajstić information content (AvgIpc) is 2.53. The van der Waals surface area contributed by atoms with Gasteiger partial charge in [-0.2, -0.15) is 0 Å². The number of hydrogen-bond donors (Lipinski definition) is 2. The minimum Gasteiger partial charge on any atom is -0.350 e. The number of hydrogen-bond acceptors (Lipinski definition) is 4. The van der Waals surface area contributed by atoms with Crippen LogP contribution in [0.1, 0.15) is 39.0 Å². The Hall–Kier alpha value is -0.620. The van der Waals surface area contributed by atoms with Crippen LogP contribution in [0.25, 0.3) is 0 Å². The predicted octanol–water partition coefficient (Wildman–Crippen LogP) is 0.197. The van der Waals surface area contributed by atoms with Crippen molar-refractivity contribution in [1.29, 1.82) is 0 Å². The average molecular weight is 274 g/mol. The zero-order valence-electron chi connectivity index (χ0n) is 10.8. The Labute approximate surface area is 108 Å². The van der Waals surface area contributed by atoms with Crippen LogP contribution in [-0.2, 0) is 14.6 Å². The van der Waals surface area contributed by atoms with Gasteiger partial charge in [-0.15, -0.1) is 0 Å². The van der Waals surface area contributed by atoms with Gasteiger partial charge in [0.05, 0.1) is 17.0 Å². The number of amides is 1. The summed E-state index contributed by atoms with van der Waals surface area (Å²) in [5.74, 6) is 0.253. The number of carbonyl (C=O) groups excluding carboxylic acids is 1. The van der Waals surface area contributed by atoms with Crippen molar-refractivity contribution >= 4 is 15.7 Å². The minimum absolute atomic E-state index is 0.00139. The van der Waals surface area contributed by atoms with Crippen LogP contribution < -0.4 is 11.1 Å². The van der Waals surface area contributed by atoms with Gasteiger partial charge in [0.25, 0.3) is 0 Å². The van der Waals surface area contributed by atoms with Gasteiger partial charge < -0.3 is 11.1 Å². The summed E-state index contributed by atoms with van der Waals surface area (Å²) < 4.78 is 23.0. The Morgan fingerprint density at radius 2 is 1.89 bits per heavy atom. The first-order valence-electron chi connectivity index (χ1n) is 6.58. The van der Waals surface area contributed by atoms with Gasteiger partial charge in [-0.05, 0) is 39.0 Å². The largest absolute Gasteiger partial charge is 0.350 e. The Morgan fingerprint density at radius 3 is 2.39 bits per heavy atom. The van der Waals surface area contributed by atoms with Crippen LogP contribution in [0.4, 0.5) is 0 Å². The van der Waals surface area contributed by atoms with Crippen LogP contribution in [0.15, 0.2) is 0 Å². The van der Waals surface area contributed by atoms with Crippen molar-refractivity contribution < 1.29 is 13.2 Å². The lowest BCUT2D eigenvalue weighted by atomic mass is 9.85. The second kappa shape index (κ2) is 4.81. The van der Waals surface area contributed by atoms with Crippen LogP contribution in [0, 0.1) is 5.92 Å². The fraction of sp³-hybridized carbons (Fsp3) is 0.917. The maximum Gasteiger partial charge on any atom is 0.223 e. The summed E-state index contributed by atoms with van der Waals surface area (Å²) in [5, 5.41) is 2.94. The van der Waals surface area contributed by atoms with Gasteiger partial charge in [0.1, 0.15) is 0 Å². The number of carbonyl (C=O) groups is 1. The number of sulfone groups is 1. The van der Waals surface area contributed by atoms with Gasteiger partial charge in [-0.25, -0.2) is 8.42 Å². The SMILES string of the molecule is CC1(NC(=O)C2CCC(N)CC2)CCS(=O)(=O)C1. The van der Waals surface area contributed by atoms with E-state index < -0.39 is 15.4 Å². The van der Waals surface area contributed by atoms with Gasteiger partial charge in [0, 0.05) is 12.0 Å². The lowest BCUT2D eigenvalue weighted by Crippen LogP contribution is -2.50. The normalized spacial score (nSPS) is 39.4. The molecule has 0 spiro atoms. The van der Waals surface area contributed by atoms with Crippen molar-refractivity contribution in [2.24, 2.45) is 11.7 Å². The van der Waals surface area contributed by atoms with Crippen molar-refractivity contribution in [2.75, 3.05) is 11.5 Å². The summed E-state index contributed by atoms with van der Waals surface area (Å²) in [6.45, 7) is 1.82. The van der Waals surface area contributed by atoms with Crippen molar-refractivity contribution in [3.05, 3.63) is 0 Å². The fourth-order valence-electron chi connectivity index (χ4n) is 2.89. The van der Waals surface area contributed by atoms with Crippen LogP contribution in [-0.4, -0.2) is 37.4 Å². The molecule has 18 heavy (non-hydrogen) atoms. The molecule has 1 unspecified atom stereocenters. The molecule has 1 amide bonds. The third-order valence-corrected chi connectivity index (χ3v) is 5.97. The Kier molecular flexibility index (Phi) is 3.69. The molecule has 0 radical (unpaired) electrons. The van der Waals surface area contributed by atoms with Gasteiger partial charge in [0.15, 0.2) is 9.84 Å². The summed E-state index contributed by atoms with van der Waals surface area (Å²) in [4.78, 5) is 12.1. The summed E-state index contributed by atoms with van der Waals surface area (Å²) in [5.41, 5.74) is 5.24. The molecule has 1 aliphatic carbocycles. The van der Waals surface area contributed by atoms with E-state index in [1.54, 1.807) is 0 Å². The Bertz CT molecular complexity index is 427. The van der Waals surface area contributed by atoms with Gasteiger partial charge >= 0.3 is 0 Å². The molecule has 2 fully saturated rings. The highest BCUT2D eigenvalue weighted by Crippen LogP contribution is 2.27. The summed E-state index contributed by atoms with van der Waals surface area (Å²) in [6, 6.07) is 0.219. The Morgan fingerprint density at radius 1 is 1.28 bits per heavy atom. The molecule has 2 aliphatic rings. The zero-order valence-corrected chi connectivity index (χ0v) is 11.6. The molecule has 1 aliphatic heterocycles. The van der Waals surface area contributed by atoms with E-state index in [2.05, 4.69) is 5.32 Å². The lowest BCUT2D eigenvalue weighted by molar-refractivity contribution is -0.127. The highest BCUT2D eigenvalue weighted by atomic mass is 32.2. The molecule has 104 valence electrons. The summed E-state index contributed by atoms with van der Waals surface area (Å²) in [7, 11) is -2.97. The molecule has 3 N–H and O–H groups in total. The van der Waals surface area contributed by atoms with Gasteiger partial charge in [0.2, 0.25) is 5.91 Å². The third-order valence-electron chi connectivity index (χ3n) is 4.07. The highest BCUT2D eigenvalue weighted by molar-refractivity contribution is 7.91. The summed E-state index contributed by atoms with van der Waals surface area (Å²) in [6.07, 6.45) is 3.92. The maximum absolute atomic E-state index is 12.1. The molecule has 0 aromatic carbocycles. The molecule has 0 aromatic rings. The fourth-order valence-corrected chi connectivity index (χ4v) is 4.98. The first kappa shape index (κ1) is 13.8. The summed E-state index contributed by atoms with van der Waals surface area (Å²) >= 11 is 0. The second-order valence-electron chi connectivity index (χ2n) is 6.00. The third kappa shape index (κ3) is 3.23. The van der Waals surface area contributed by atoms with Crippen molar-refractivity contribution in [3.8, 4) is 0 Å².